The Bertz CT molecular complexity index is 1720. The molecule has 1 heterocycles. The van der Waals surface area contributed by atoms with Crippen LogP contribution in [0.4, 0.5) is 5.69 Å². The average molecular weight is 625 g/mol. The van der Waals surface area contributed by atoms with Crippen molar-refractivity contribution in [1.29, 1.82) is 0 Å². The van der Waals surface area contributed by atoms with Crippen LogP contribution in [0, 0.1) is 13.8 Å². The number of aromatic nitrogens is 1. The summed E-state index contributed by atoms with van der Waals surface area (Å²) in [6.07, 6.45) is 1.52. The lowest BCUT2D eigenvalue weighted by Crippen LogP contribution is -2.39. The van der Waals surface area contributed by atoms with E-state index < -0.39 is 22.5 Å². The fraction of sp³-hybridized carbons (Fsp3) is 0.226. The van der Waals surface area contributed by atoms with Gasteiger partial charge in [-0.2, -0.15) is 5.10 Å². The number of nitrogens with zero attached hydrogens (tertiary/aromatic N) is 3. The summed E-state index contributed by atoms with van der Waals surface area (Å²) in [5.74, 6) is 0.540. The number of carbonyl (C=O) groups is 1. The number of carbonyl (C=O) groups excluding carboxylic acids is 1. The Balaban J connectivity index is 1.59. The summed E-state index contributed by atoms with van der Waals surface area (Å²) in [6, 6.07) is 20.1. The minimum atomic E-state index is -4.22. The summed E-state index contributed by atoms with van der Waals surface area (Å²) in [7, 11) is -1.35. The van der Waals surface area contributed by atoms with Gasteiger partial charge in [0.25, 0.3) is 15.9 Å². The van der Waals surface area contributed by atoms with E-state index in [2.05, 4.69) is 10.5 Å². The first kappa shape index (κ1) is 31.5. The normalized spacial score (nSPS) is 11.4. The van der Waals surface area contributed by atoms with E-state index in [9.17, 15) is 13.2 Å². The summed E-state index contributed by atoms with van der Waals surface area (Å²) in [5, 5.41) is 4.76. The highest BCUT2D eigenvalue weighted by molar-refractivity contribution is 7.92. The molecule has 12 heteroatoms. The van der Waals surface area contributed by atoms with E-state index in [0.29, 0.717) is 23.1 Å². The van der Waals surface area contributed by atoms with Crippen molar-refractivity contribution >= 4 is 39.4 Å². The fourth-order valence-electron chi connectivity index (χ4n) is 4.54. The number of anilines is 1. The number of hydrogen-bond donors (Lipinski definition) is 1. The van der Waals surface area contributed by atoms with E-state index in [1.54, 1.807) is 24.3 Å². The number of amides is 1. The number of halogens is 1. The Kier molecular flexibility index (Phi) is 9.99. The monoisotopic (exact) mass is 624 g/mol. The highest BCUT2D eigenvalue weighted by Gasteiger charge is 2.28. The number of sulfonamides is 1. The van der Waals surface area contributed by atoms with Gasteiger partial charge < -0.3 is 18.8 Å². The molecule has 0 aliphatic carbocycles. The summed E-state index contributed by atoms with van der Waals surface area (Å²) in [5.41, 5.74) is 6.33. The zero-order chi connectivity index (χ0) is 31.1. The van der Waals surface area contributed by atoms with Crippen LogP contribution in [0.1, 0.15) is 23.9 Å². The van der Waals surface area contributed by atoms with Crippen LogP contribution in [-0.4, -0.2) is 52.5 Å². The summed E-state index contributed by atoms with van der Waals surface area (Å²) >= 11 is 6.04. The molecule has 43 heavy (non-hydrogen) atoms. The molecule has 0 aliphatic heterocycles. The van der Waals surface area contributed by atoms with Crippen molar-refractivity contribution in [1.82, 2.24) is 9.99 Å². The second-order valence-electron chi connectivity index (χ2n) is 9.39. The molecule has 10 nitrogen and oxygen atoms in total. The van der Waals surface area contributed by atoms with E-state index in [4.69, 9.17) is 25.8 Å². The van der Waals surface area contributed by atoms with Crippen molar-refractivity contribution in [2.75, 3.05) is 31.7 Å². The van der Waals surface area contributed by atoms with E-state index in [0.717, 1.165) is 26.9 Å². The van der Waals surface area contributed by atoms with E-state index >= 15 is 0 Å². The first-order valence-electron chi connectivity index (χ1n) is 13.3. The molecule has 4 aromatic rings. The van der Waals surface area contributed by atoms with Crippen molar-refractivity contribution in [3.05, 3.63) is 94.8 Å². The molecule has 1 aromatic heterocycles. The molecule has 0 spiro atoms. The van der Waals surface area contributed by atoms with Crippen molar-refractivity contribution in [3.63, 3.8) is 0 Å². The maximum Gasteiger partial charge on any atom is 0.264 e. The van der Waals surface area contributed by atoms with Crippen LogP contribution < -0.4 is 23.9 Å². The predicted molar refractivity (Wildman–Crippen MR) is 168 cm³/mol. The molecule has 4 rings (SSSR count). The minimum Gasteiger partial charge on any atom is -0.494 e. The molecule has 0 atom stereocenters. The maximum absolute atomic E-state index is 13.9. The number of methoxy groups -OCH3 is 2. The molecule has 3 aromatic carbocycles. The quantitative estimate of drug-likeness (QED) is 0.164. The lowest BCUT2D eigenvalue weighted by molar-refractivity contribution is -0.119. The third kappa shape index (κ3) is 7.12. The molecular weight excluding hydrogens is 592 g/mol. The minimum absolute atomic E-state index is 0.0787. The number of nitrogens with one attached hydrogen (secondary N) is 1. The number of hydrogen-bond acceptors (Lipinski definition) is 7. The third-order valence-corrected chi connectivity index (χ3v) is 8.64. The molecule has 0 unspecified atom stereocenters. The van der Waals surface area contributed by atoms with Gasteiger partial charge in [0.1, 0.15) is 12.3 Å². The SMILES string of the molecule is CCOc1ccc(N(CC(=O)N/N=C\c2cc(C)n(-c3ccc(Cl)cc3)c2C)S(=O)(=O)c2ccc(OC)c(OC)c2)cc1. The zero-order valence-corrected chi connectivity index (χ0v) is 26.1. The van der Waals surface area contributed by atoms with Crippen molar-refractivity contribution in [2.24, 2.45) is 5.10 Å². The zero-order valence-electron chi connectivity index (χ0n) is 24.5. The van der Waals surface area contributed by atoms with Gasteiger partial charge in [0.15, 0.2) is 11.5 Å². The second kappa shape index (κ2) is 13.7. The van der Waals surface area contributed by atoms with Gasteiger partial charge in [-0.25, -0.2) is 13.8 Å². The van der Waals surface area contributed by atoms with Crippen LogP contribution in [0.5, 0.6) is 17.2 Å². The standard InChI is InChI=1S/C31H33ClN4O6S/c1-6-42-27-13-11-25(12-14-27)35(43(38,39)28-15-16-29(40-4)30(18-28)41-5)20-31(37)34-33-19-23-17-21(2)36(22(23)3)26-9-7-24(32)8-10-26/h7-19H,6,20H2,1-5H3,(H,34,37)/b33-19-. The maximum atomic E-state index is 13.9. The highest BCUT2D eigenvalue weighted by atomic mass is 35.5. The topological polar surface area (TPSA) is 111 Å². The van der Waals surface area contributed by atoms with Gasteiger partial charge in [-0.15, -0.1) is 0 Å². The van der Waals surface area contributed by atoms with E-state index in [1.165, 1.54) is 38.6 Å². The first-order valence-corrected chi connectivity index (χ1v) is 15.1. The largest absolute Gasteiger partial charge is 0.494 e. The Hall–Kier alpha value is -4.48. The van der Waals surface area contributed by atoms with Crippen LogP contribution in [0.25, 0.3) is 5.69 Å². The van der Waals surface area contributed by atoms with Crippen LogP contribution in [0.3, 0.4) is 0 Å². The second-order valence-corrected chi connectivity index (χ2v) is 11.7. The first-order chi connectivity index (χ1) is 20.6. The van der Waals surface area contributed by atoms with E-state index in [-0.39, 0.29) is 16.3 Å². The molecule has 0 saturated carbocycles. The molecular formula is C31H33ClN4O6S. The van der Waals surface area contributed by atoms with Crippen LogP contribution >= 0.6 is 11.6 Å². The number of rotatable bonds is 12. The smallest absolute Gasteiger partial charge is 0.264 e. The Morgan fingerprint density at radius 2 is 1.65 bits per heavy atom. The molecule has 0 fully saturated rings. The Labute approximate surface area is 256 Å². The molecule has 0 radical (unpaired) electrons. The van der Waals surface area contributed by atoms with Crippen LogP contribution in [0.2, 0.25) is 5.02 Å². The fourth-order valence-corrected chi connectivity index (χ4v) is 6.10. The lowest BCUT2D eigenvalue weighted by Gasteiger charge is -2.24. The van der Waals surface area contributed by atoms with Crippen molar-refractivity contribution < 1.29 is 27.4 Å². The molecule has 1 N–H and O–H groups in total. The van der Waals surface area contributed by atoms with Crippen molar-refractivity contribution in [2.45, 2.75) is 25.7 Å². The van der Waals surface area contributed by atoms with Gasteiger partial charge in [-0.1, -0.05) is 11.6 Å². The van der Waals surface area contributed by atoms with Gasteiger partial charge >= 0.3 is 0 Å². The summed E-state index contributed by atoms with van der Waals surface area (Å²) < 4.78 is 46.8. The lowest BCUT2D eigenvalue weighted by atomic mass is 10.2. The van der Waals surface area contributed by atoms with Crippen LogP contribution in [0.15, 0.2) is 82.8 Å². The Morgan fingerprint density at radius 3 is 2.28 bits per heavy atom. The number of ether oxygens (including phenoxy) is 3. The number of benzene rings is 3. The molecule has 0 aliphatic rings. The number of aryl methyl sites for hydroxylation is 1. The average Bonchev–Trinajstić information content (AvgIpc) is 3.28. The van der Waals surface area contributed by atoms with Gasteiger partial charge in [-0.3, -0.25) is 9.10 Å². The summed E-state index contributed by atoms with van der Waals surface area (Å²) in [4.78, 5) is 13.0. The molecule has 1 amide bonds. The molecule has 0 bridgehead atoms. The van der Waals surface area contributed by atoms with Crippen molar-refractivity contribution in [3.8, 4) is 22.9 Å². The van der Waals surface area contributed by atoms with Gasteiger partial charge in [0, 0.05) is 33.7 Å². The van der Waals surface area contributed by atoms with E-state index in [1.807, 2.05) is 55.7 Å². The van der Waals surface area contributed by atoms with Gasteiger partial charge in [0.2, 0.25) is 0 Å². The third-order valence-electron chi connectivity index (χ3n) is 6.61. The number of hydrazone groups is 1. The van der Waals surface area contributed by atoms with Gasteiger partial charge in [0.05, 0.1) is 37.6 Å². The highest BCUT2D eigenvalue weighted by Crippen LogP contribution is 2.32. The summed E-state index contributed by atoms with van der Waals surface area (Å²) in [6.45, 7) is 5.67. The van der Waals surface area contributed by atoms with Crippen LogP contribution in [-0.2, 0) is 14.8 Å². The molecule has 0 saturated heterocycles. The Morgan fingerprint density at radius 1 is 0.977 bits per heavy atom. The predicted octanol–water partition coefficient (Wildman–Crippen LogP) is 5.51. The van der Waals surface area contributed by atoms with Gasteiger partial charge in [-0.05, 0) is 87.5 Å². The molecule has 226 valence electrons.